The molecule has 0 saturated heterocycles. The van der Waals surface area contributed by atoms with E-state index in [1.54, 1.807) is 0 Å². The molecular formula is C13H22N4O2. The van der Waals surface area contributed by atoms with Crippen LogP contribution in [0.15, 0.2) is 6.33 Å². The number of nitrogens with zero attached hydrogens (tertiary/aromatic N) is 2. The smallest absolute Gasteiger partial charge is 0.246 e. The molecule has 1 heterocycles. The van der Waals surface area contributed by atoms with E-state index in [-0.39, 0.29) is 18.6 Å². The number of aromatic amines is 1. The first kappa shape index (κ1) is 14.0. The van der Waals surface area contributed by atoms with Crippen molar-refractivity contribution in [1.82, 2.24) is 20.5 Å². The molecule has 1 aliphatic rings. The van der Waals surface area contributed by atoms with Crippen LogP contribution in [-0.4, -0.2) is 40.3 Å². The molecule has 2 atom stereocenters. The molecule has 1 aromatic rings. The van der Waals surface area contributed by atoms with Gasteiger partial charge in [-0.25, -0.2) is 4.98 Å². The van der Waals surface area contributed by atoms with Crippen LogP contribution in [-0.2, 0) is 16.0 Å². The monoisotopic (exact) mass is 266 g/mol. The quantitative estimate of drug-likeness (QED) is 0.807. The Morgan fingerprint density at radius 3 is 3.21 bits per heavy atom. The number of hydrogen-bond donors (Lipinski definition) is 2. The van der Waals surface area contributed by atoms with Gasteiger partial charge in [-0.1, -0.05) is 19.8 Å². The fourth-order valence-corrected chi connectivity index (χ4v) is 2.45. The largest absolute Gasteiger partial charge is 0.368 e. The highest BCUT2D eigenvalue weighted by atomic mass is 16.5. The highest BCUT2D eigenvalue weighted by Gasteiger charge is 2.19. The summed E-state index contributed by atoms with van der Waals surface area (Å²) < 4.78 is 5.66. The normalized spacial score (nSPS) is 23.2. The van der Waals surface area contributed by atoms with Crippen molar-refractivity contribution in [2.24, 2.45) is 5.92 Å². The predicted octanol–water partition coefficient (Wildman–Crippen LogP) is 1.06. The topological polar surface area (TPSA) is 79.9 Å². The van der Waals surface area contributed by atoms with Crippen LogP contribution in [0, 0.1) is 5.92 Å². The first-order valence-electron chi connectivity index (χ1n) is 6.96. The molecule has 1 aliphatic carbocycles. The Hall–Kier alpha value is -1.43. The third kappa shape index (κ3) is 4.98. The zero-order valence-corrected chi connectivity index (χ0v) is 11.4. The molecule has 106 valence electrons. The summed E-state index contributed by atoms with van der Waals surface area (Å²) in [5.74, 6) is 1.44. The minimum absolute atomic E-state index is 0.0576. The van der Waals surface area contributed by atoms with Crippen molar-refractivity contribution in [3.63, 3.8) is 0 Å². The summed E-state index contributed by atoms with van der Waals surface area (Å²) in [5, 5.41) is 9.33. The lowest BCUT2D eigenvalue weighted by Crippen LogP contribution is -2.32. The molecule has 0 bridgehead atoms. The van der Waals surface area contributed by atoms with Gasteiger partial charge < -0.3 is 10.1 Å². The fraction of sp³-hybridized carbons (Fsp3) is 0.769. The van der Waals surface area contributed by atoms with Crippen LogP contribution in [0.25, 0.3) is 0 Å². The Morgan fingerprint density at radius 2 is 2.47 bits per heavy atom. The van der Waals surface area contributed by atoms with Crippen LogP contribution in [0.4, 0.5) is 0 Å². The Balaban J connectivity index is 1.56. The van der Waals surface area contributed by atoms with Gasteiger partial charge in [-0.3, -0.25) is 9.89 Å². The lowest BCUT2D eigenvalue weighted by atomic mass is 9.89. The second-order valence-corrected chi connectivity index (χ2v) is 5.24. The SMILES string of the molecule is C[C@@H]1CCC[C@H](OCC(=O)NCCc2ncn[nH]2)C1. The van der Waals surface area contributed by atoms with E-state index >= 15 is 0 Å². The first-order valence-corrected chi connectivity index (χ1v) is 6.96. The molecule has 0 radical (unpaired) electrons. The Bertz CT molecular complexity index is 380. The maximum Gasteiger partial charge on any atom is 0.246 e. The Kier molecular flexibility index (Phi) is 5.32. The van der Waals surface area contributed by atoms with Crippen LogP contribution in [0.1, 0.15) is 38.4 Å². The number of aromatic nitrogens is 3. The summed E-state index contributed by atoms with van der Waals surface area (Å²) in [7, 11) is 0. The predicted molar refractivity (Wildman–Crippen MR) is 70.5 cm³/mol. The average molecular weight is 266 g/mol. The molecule has 1 saturated carbocycles. The standard InChI is InChI=1S/C13H22N4O2/c1-10-3-2-4-11(7-10)19-8-13(18)14-6-5-12-15-9-16-17-12/h9-11H,2-8H2,1H3,(H,14,18)(H,15,16,17)/t10-,11+/m1/s1. The molecule has 0 aromatic carbocycles. The van der Waals surface area contributed by atoms with E-state index in [4.69, 9.17) is 4.74 Å². The van der Waals surface area contributed by atoms with E-state index in [0.717, 1.165) is 18.7 Å². The molecule has 0 aliphatic heterocycles. The van der Waals surface area contributed by atoms with Crippen molar-refractivity contribution >= 4 is 5.91 Å². The summed E-state index contributed by atoms with van der Waals surface area (Å²) in [6, 6.07) is 0. The zero-order chi connectivity index (χ0) is 13.5. The van der Waals surface area contributed by atoms with Crippen molar-refractivity contribution in [3.8, 4) is 0 Å². The number of amides is 1. The van der Waals surface area contributed by atoms with Gasteiger partial charge in [0.2, 0.25) is 5.91 Å². The third-order valence-electron chi connectivity index (χ3n) is 3.49. The summed E-state index contributed by atoms with van der Waals surface area (Å²) in [6.45, 7) is 2.96. The van der Waals surface area contributed by atoms with E-state index in [2.05, 4.69) is 27.4 Å². The number of H-pyrrole nitrogens is 1. The third-order valence-corrected chi connectivity index (χ3v) is 3.49. The highest BCUT2D eigenvalue weighted by molar-refractivity contribution is 5.77. The summed E-state index contributed by atoms with van der Waals surface area (Å²) in [5.41, 5.74) is 0. The second-order valence-electron chi connectivity index (χ2n) is 5.24. The molecule has 0 spiro atoms. The van der Waals surface area contributed by atoms with Gasteiger partial charge in [0.1, 0.15) is 18.8 Å². The average Bonchev–Trinajstić information content (AvgIpc) is 2.90. The minimum Gasteiger partial charge on any atom is -0.368 e. The molecule has 1 fully saturated rings. The van der Waals surface area contributed by atoms with Gasteiger partial charge in [0, 0.05) is 13.0 Å². The Labute approximate surface area is 113 Å². The molecule has 0 unspecified atom stereocenters. The highest BCUT2D eigenvalue weighted by Crippen LogP contribution is 2.25. The lowest BCUT2D eigenvalue weighted by molar-refractivity contribution is -0.128. The molecule has 6 nitrogen and oxygen atoms in total. The van der Waals surface area contributed by atoms with Gasteiger partial charge in [0.05, 0.1) is 6.10 Å². The van der Waals surface area contributed by atoms with Gasteiger partial charge in [0.25, 0.3) is 0 Å². The molecule has 6 heteroatoms. The number of carbonyl (C=O) groups is 1. The second kappa shape index (κ2) is 7.23. The van der Waals surface area contributed by atoms with Gasteiger partial charge in [0.15, 0.2) is 0 Å². The van der Waals surface area contributed by atoms with Crippen LogP contribution in [0.2, 0.25) is 0 Å². The van der Waals surface area contributed by atoms with Crippen molar-refractivity contribution in [1.29, 1.82) is 0 Å². The molecule has 2 N–H and O–H groups in total. The van der Waals surface area contributed by atoms with Gasteiger partial charge in [-0.05, 0) is 18.8 Å². The molecule has 2 rings (SSSR count). The van der Waals surface area contributed by atoms with E-state index in [1.165, 1.54) is 19.2 Å². The van der Waals surface area contributed by atoms with Crippen LogP contribution < -0.4 is 5.32 Å². The first-order chi connectivity index (χ1) is 9.24. The van der Waals surface area contributed by atoms with Crippen LogP contribution in [0.3, 0.4) is 0 Å². The number of ether oxygens (including phenoxy) is 1. The van der Waals surface area contributed by atoms with Gasteiger partial charge >= 0.3 is 0 Å². The molecule has 1 amide bonds. The number of nitrogens with one attached hydrogen (secondary N) is 2. The molecule has 1 aromatic heterocycles. The van der Waals surface area contributed by atoms with Crippen molar-refractivity contribution in [2.75, 3.05) is 13.2 Å². The molecular weight excluding hydrogens is 244 g/mol. The van der Waals surface area contributed by atoms with Crippen LogP contribution in [0.5, 0.6) is 0 Å². The number of hydrogen-bond acceptors (Lipinski definition) is 4. The van der Waals surface area contributed by atoms with E-state index in [1.807, 2.05) is 0 Å². The number of rotatable bonds is 6. The number of carbonyl (C=O) groups excluding carboxylic acids is 1. The molecule has 19 heavy (non-hydrogen) atoms. The van der Waals surface area contributed by atoms with E-state index in [0.29, 0.717) is 18.9 Å². The zero-order valence-electron chi connectivity index (χ0n) is 11.4. The summed E-state index contributed by atoms with van der Waals surface area (Å²) >= 11 is 0. The van der Waals surface area contributed by atoms with E-state index in [9.17, 15) is 4.79 Å². The maximum atomic E-state index is 11.6. The summed E-state index contributed by atoms with van der Waals surface area (Å²) in [4.78, 5) is 15.6. The summed E-state index contributed by atoms with van der Waals surface area (Å²) in [6.07, 6.45) is 7.02. The maximum absolute atomic E-state index is 11.6. The van der Waals surface area contributed by atoms with Crippen molar-refractivity contribution in [2.45, 2.75) is 45.1 Å². The van der Waals surface area contributed by atoms with Crippen LogP contribution >= 0.6 is 0 Å². The fourth-order valence-electron chi connectivity index (χ4n) is 2.45. The van der Waals surface area contributed by atoms with Gasteiger partial charge in [-0.2, -0.15) is 5.10 Å². The lowest BCUT2D eigenvalue weighted by Gasteiger charge is -2.26. The van der Waals surface area contributed by atoms with Gasteiger partial charge in [-0.15, -0.1) is 0 Å². The van der Waals surface area contributed by atoms with Crippen molar-refractivity contribution in [3.05, 3.63) is 12.2 Å². The van der Waals surface area contributed by atoms with E-state index < -0.39 is 0 Å². The minimum atomic E-state index is -0.0576. The van der Waals surface area contributed by atoms with Crippen molar-refractivity contribution < 1.29 is 9.53 Å². The Morgan fingerprint density at radius 1 is 1.58 bits per heavy atom.